The normalized spacial score (nSPS) is 16.2. The Hall–Kier alpha value is -3.61. The molecule has 2 aliphatic rings. The van der Waals surface area contributed by atoms with E-state index in [0.717, 1.165) is 22.5 Å². The number of benzene rings is 1. The van der Waals surface area contributed by atoms with Gasteiger partial charge in [0.25, 0.3) is 5.91 Å². The second-order valence-electron chi connectivity index (χ2n) is 6.77. The summed E-state index contributed by atoms with van der Waals surface area (Å²) in [7, 11) is 0. The van der Waals surface area contributed by atoms with Crippen molar-refractivity contribution in [3.63, 3.8) is 0 Å². The highest BCUT2D eigenvalue weighted by Gasteiger charge is 2.28. The number of nitrogens with zero attached hydrogens (tertiary/aromatic N) is 1. The van der Waals surface area contributed by atoms with E-state index in [9.17, 15) is 9.18 Å². The molecule has 0 spiro atoms. The van der Waals surface area contributed by atoms with Crippen molar-refractivity contribution in [1.29, 1.82) is 0 Å². The van der Waals surface area contributed by atoms with Gasteiger partial charge in [0.05, 0.1) is 11.3 Å². The third-order valence-corrected chi connectivity index (χ3v) is 5.04. The molecule has 0 unspecified atom stereocenters. The van der Waals surface area contributed by atoms with Crippen molar-refractivity contribution in [3.05, 3.63) is 59.3 Å². The smallest absolute Gasteiger partial charge is 0.256 e. The van der Waals surface area contributed by atoms with E-state index >= 15 is 0 Å². The van der Waals surface area contributed by atoms with Crippen LogP contribution in [0.15, 0.2) is 36.7 Å². The molecule has 7 heteroatoms. The van der Waals surface area contributed by atoms with Gasteiger partial charge in [-0.1, -0.05) is 0 Å². The molecule has 0 fully saturated rings. The molecule has 0 bridgehead atoms. The number of carbonyl (C=O) groups is 1. The Morgan fingerprint density at radius 1 is 1.25 bits per heavy atom. The van der Waals surface area contributed by atoms with Crippen molar-refractivity contribution in [2.24, 2.45) is 0 Å². The molecule has 1 aromatic carbocycles. The maximum absolute atomic E-state index is 14.8. The van der Waals surface area contributed by atoms with Crippen molar-refractivity contribution in [1.82, 2.24) is 9.97 Å². The van der Waals surface area contributed by atoms with Gasteiger partial charge in [0.1, 0.15) is 18.1 Å². The maximum Gasteiger partial charge on any atom is 0.256 e. The highest BCUT2D eigenvalue weighted by molar-refractivity contribution is 6.35. The number of ether oxygens (including phenoxy) is 1. The van der Waals surface area contributed by atoms with Crippen molar-refractivity contribution < 1.29 is 13.9 Å². The second-order valence-corrected chi connectivity index (χ2v) is 6.77. The molecule has 5 rings (SSSR count). The SMILES string of the molecule is Cc1c(-c2cc(F)c3c(c2)C(=Cc2ccc[nH]2)C(=O)N3)cnc2c1NCCO2. The summed E-state index contributed by atoms with van der Waals surface area (Å²) < 4.78 is 20.4. The molecule has 3 aromatic rings. The zero-order chi connectivity index (χ0) is 19.3. The third-order valence-electron chi connectivity index (χ3n) is 5.04. The number of pyridine rings is 1. The molecule has 140 valence electrons. The van der Waals surface area contributed by atoms with Crippen molar-refractivity contribution >= 4 is 28.9 Å². The number of hydrogen-bond donors (Lipinski definition) is 3. The summed E-state index contributed by atoms with van der Waals surface area (Å²) in [6, 6.07) is 6.94. The molecule has 2 aromatic heterocycles. The fourth-order valence-corrected chi connectivity index (χ4v) is 3.65. The minimum absolute atomic E-state index is 0.205. The predicted molar refractivity (Wildman–Crippen MR) is 106 cm³/mol. The Labute approximate surface area is 160 Å². The summed E-state index contributed by atoms with van der Waals surface area (Å²) in [5.41, 5.74) is 5.13. The van der Waals surface area contributed by atoms with Gasteiger partial charge in [0, 0.05) is 35.8 Å². The lowest BCUT2D eigenvalue weighted by Crippen LogP contribution is -2.20. The summed E-state index contributed by atoms with van der Waals surface area (Å²) in [4.78, 5) is 19.8. The van der Waals surface area contributed by atoms with Crippen LogP contribution in [0.2, 0.25) is 0 Å². The Balaban J connectivity index is 1.66. The van der Waals surface area contributed by atoms with E-state index < -0.39 is 5.82 Å². The maximum atomic E-state index is 14.8. The lowest BCUT2D eigenvalue weighted by Gasteiger charge is -2.21. The van der Waals surface area contributed by atoms with Crippen LogP contribution in [0.25, 0.3) is 22.8 Å². The molecule has 2 aliphatic heterocycles. The van der Waals surface area contributed by atoms with Gasteiger partial charge in [-0.15, -0.1) is 0 Å². The van der Waals surface area contributed by atoms with E-state index in [4.69, 9.17) is 4.74 Å². The van der Waals surface area contributed by atoms with Crippen LogP contribution < -0.4 is 15.4 Å². The van der Waals surface area contributed by atoms with E-state index in [-0.39, 0.29) is 11.6 Å². The van der Waals surface area contributed by atoms with Crippen LogP contribution in [0.4, 0.5) is 15.8 Å². The molecule has 0 atom stereocenters. The highest BCUT2D eigenvalue weighted by Crippen LogP contribution is 2.41. The molecule has 0 saturated carbocycles. The molecular weight excluding hydrogens is 359 g/mol. The number of rotatable bonds is 2. The lowest BCUT2D eigenvalue weighted by atomic mass is 9.96. The van der Waals surface area contributed by atoms with Crippen LogP contribution in [0.1, 0.15) is 16.8 Å². The zero-order valence-corrected chi connectivity index (χ0v) is 15.1. The van der Waals surface area contributed by atoms with Crippen LogP contribution in [0.3, 0.4) is 0 Å². The van der Waals surface area contributed by atoms with E-state index in [1.807, 2.05) is 25.1 Å². The van der Waals surface area contributed by atoms with Crippen molar-refractivity contribution in [2.45, 2.75) is 6.92 Å². The van der Waals surface area contributed by atoms with Gasteiger partial charge >= 0.3 is 0 Å². The number of aromatic amines is 1. The largest absolute Gasteiger partial charge is 0.474 e. The quantitative estimate of drug-likeness (QED) is 0.594. The lowest BCUT2D eigenvalue weighted by molar-refractivity contribution is -0.110. The molecule has 0 aliphatic carbocycles. The number of H-pyrrole nitrogens is 1. The zero-order valence-electron chi connectivity index (χ0n) is 15.1. The molecule has 4 heterocycles. The average molecular weight is 376 g/mol. The number of nitrogens with one attached hydrogen (secondary N) is 3. The van der Waals surface area contributed by atoms with Gasteiger partial charge in [-0.05, 0) is 48.4 Å². The van der Waals surface area contributed by atoms with Gasteiger partial charge in [0.2, 0.25) is 5.88 Å². The number of aromatic nitrogens is 2. The van der Waals surface area contributed by atoms with Crippen LogP contribution in [0.5, 0.6) is 5.88 Å². The molecule has 6 nitrogen and oxygen atoms in total. The van der Waals surface area contributed by atoms with Crippen LogP contribution >= 0.6 is 0 Å². The minimum atomic E-state index is -0.475. The first kappa shape index (κ1) is 16.6. The van der Waals surface area contributed by atoms with Crippen molar-refractivity contribution in [2.75, 3.05) is 23.8 Å². The van der Waals surface area contributed by atoms with Crippen LogP contribution in [0, 0.1) is 12.7 Å². The number of anilines is 2. The molecule has 1 amide bonds. The van der Waals surface area contributed by atoms with E-state index in [2.05, 4.69) is 20.6 Å². The van der Waals surface area contributed by atoms with Gasteiger partial charge in [-0.25, -0.2) is 9.37 Å². The van der Waals surface area contributed by atoms with Crippen molar-refractivity contribution in [3.8, 4) is 17.0 Å². The van der Waals surface area contributed by atoms with Gasteiger partial charge < -0.3 is 20.4 Å². The number of fused-ring (bicyclic) bond motifs is 2. The second kappa shape index (κ2) is 6.23. The predicted octanol–water partition coefficient (Wildman–Crippen LogP) is 3.82. The molecule has 28 heavy (non-hydrogen) atoms. The molecule has 0 radical (unpaired) electrons. The summed E-state index contributed by atoms with van der Waals surface area (Å²) in [6.45, 7) is 3.20. The standard InChI is InChI=1S/C21H17FN4O2/c1-11-16(10-25-21-18(11)24-5-6-28-21)12-7-14-15(9-13-3-2-4-23-13)20(27)26-19(14)17(22)8-12/h2-4,7-10,23-24H,5-6H2,1H3,(H,26,27). The molecule has 0 saturated heterocycles. The summed E-state index contributed by atoms with van der Waals surface area (Å²) in [6.07, 6.45) is 5.17. The summed E-state index contributed by atoms with van der Waals surface area (Å²) in [5.74, 6) is -0.244. The number of halogens is 1. The summed E-state index contributed by atoms with van der Waals surface area (Å²) >= 11 is 0. The fraction of sp³-hybridized carbons (Fsp3) is 0.143. The third kappa shape index (κ3) is 2.55. The number of hydrogen-bond acceptors (Lipinski definition) is 4. The van der Waals surface area contributed by atoms with E-state index in [1.54, 1.807) is 18.5 Å². The Bertz CT molecular complexity index is 1140. The minimum Gasteiger partial charge on any atom is -0.474 e. The fourth-order valence-electron chi connectivity index (χ4n) is 3.65. The van der Waals surface area contributed by atoms with Gasteiger partial charge in [-0.3, -0.25) is 4.79 Å². The molecular formula is C21H17FN4O2. The van der Waals surface area contributed by atoms with Gasteiger partial charge in [-0.2, -0.15) is 0 Å². The highest BCUT2D eigenvalue weighted by atomic mass is 19.1. The number of carbonyl (C=O) groups excluding carboxylic acids is 1. The first-order valence-electron chi connectivity index (χ1n) is 8.99. The van der Waals surface area contributed by atoms with Crippen LogP contribution in [-0.4, -0.2) is 29.0 Å². The topological polar surface area (TPSA) is 79.0 Å². The Morgan fingerprint density at radius 2 is 2.14 bits per heavy atom. The van der Waals surface area contributed by atoms with E-state index in [1.165, 1.54) is 6.07 Å². The number of amides is 1. The van der Waals surface area contributed by atoms with E-state index in [0.29, 0.717) is 35.7 Å². The first-order chi connectivity index (χ1) is 13.6. The summed E-state index contributed by atoms with van der Waals surface area (Å²) in [5, 5.41) is 5.92. The van der Waals surface area contributed by atoms with Gasteiger partial charge in [0.15, 0.2) is 0 Å². The average Bonchev–Trinajstić information content (AvgIpc) is 3.32. The Kier molecular flexibility index (Phi) is 3.68. The monoisotopic (exact) mass is 376 g/mol. The molecule has 3 N–H and O–H groups in total. The first-order valence-corrected chi connectivity index (χ1v) is 8.99. The Morgan fingerprint density at radius 3 is 2.96 bits per heavy atom. The van der Waals surface area contributed by atoms with Crippen LogP contribution in [-0.2, 0) is 4.79 Å².